The maximum absolute atomic E-state index is 12.9. The Morgan fingerprint density at radius 3 is 2.71 bits per heavy atom. The van der Waals surface area contributed by atoms with Gasteiger partial charge in [0.15, 0.2) is 11.5 Å². The molecule has 1 saturated carbocycles. The summed E-state index contributed by atoms with van der Waals surface area (Å²) in [5.74, 6) is 2.09. The average Bonchev–Trinajstić information content (AvgIpc) is 3.36. The van der Waals surface area contributed by atoms with E-state index in [1.165, 1.54) is 0 Å². The van der Waals surface area contributed by atoms with Gasteiger partial charge in [0.05, 0.1) is 19.3 Å². The topological polar surface area (TPSA) is 83.4 Å². The van der Waals surface area contributed by atoms with Crippen molar-refractivity contribution in [1.29, 1.82) is 0 Å². The highest BCUT2D eigenvalue weighted by atomic mass is 35.5. The van der Waals surface area contributed by atoms with Gasteiger partial charge in [0, 0.05) is 18.0 Å². The molecule has 5 rings (SSSR count). The highest BCUT2D eigenvalue weighted by molar-refractivity contribution is 6.30. The predicted molar refractivity (Wildman–Crippen MR) is 104 cm³/mol. The van der Waals surface area contributed by atoms with Gasteiger partial charge < -0.3 is 0 Å². The lowest BCUT2D eigenvalue weighted by Crippen LogP contribution is -2.22. The number of benzene rings is 1. The molecule has 1 aromatic carbocycles. The van der Waals surface area contributed by atoms with Crippen LogP contribution in [0, 0.1) is 0 Å². The van der Waals surface area contributed by atoms with Crippen LogP contribution in [0.15, 0.2) is 41.6 Å². The quantitative estimate of drug-likeness (QED) is 0.518. The van der Waals surface area contributed by atoms with Crippen LogP contribution in [0.25, 0.3) is 11.0 Å². The van der Waals surface area contributed by atoms with E-state index in [0.717, 1.165) is 30.1 Å². The molecule has 142 valence electrons. The maximum atomic E-state index is 12.9. The number of fused-ring (bicyclic) bond motifs is 1. The van der Waals surface area contributed by atoms with Crippen LogP contribution >= 0.6 is 11.6 Å². The third-order valence-corrected chi connectivity index (χ3v) is 5.24. The fourth-order valence-corrected chi connectivity index (χ4v) is 3.36. The molecule has 0 N–H and O–H groups in total. The second-order valence-corrected chi connectivity index (χ2v) is 7.56. The Balaban J connectivity index is 1.45. The molecule has 9 heteroatoms. The maximum Gasteiger partial charge on any atom is 0.264 e. The molecular formula is C19H18ClN7O. The Labute approximate surface area is 165 Å². The summed E-state index contributed by atoms with van der Waals surface area (Å²) in [6.45, 7) is 0.853. The first-order valence-electron chi connectivity index (χ1n) is 9.13. The molecule has 8 nitrogen and oxygen atoms in total. The van der Waals surface area contributed by atoms with Gasteiger partial charge in [-0.05, 0) is 30.5 Å². The van der Waals surface area contributed by atoms with Crippen LogP contribution in [-0.2, 0) is 20.1 Å². The highest BCUT2D eigenvalue weighted by Crippen LogP contribution is 2.38. The predicted octanol–water partition coefficient (Wildman–Crippen LogP) is 2.35. The number of rotatable bonds is 5. The lowest BCUT2D eigenvalue weighted by Gasteiger charge is -2.06. The van der Waals surface area contributed by atoms with E-state index in [9.17, 15) is 4.79 Å². The van der Waals surface area contributed by atoms with Crippen molar-refractivity contribution >= 4 is 22.6 Å². The molecule has 3 aromatic heterocycles. The van der Waals surface area contributed by atoms with E-state index in [2.05, 4.69) is 20.2 Å². The van der Waals surface area contributed by atoms with Gasteiger partial charge in [-0.25, -0.2) is 14.6 Å². The van der Waals surface area contributed by atoms with E-state index in [1.807, 2.05) is 31.3 Å². The summed E-state index contributed by atoms with van der Waals surface area (Å²) in [6, 6.07) is 7.53. The minimum absolute atomic E-state index is 0.136. The summed E-state index contributed by atoms with van der Waals surface area (Å²) in [6.07, 6.45) is 5.41. The summed E-state index contributed by atoms with van der Waals surface area (Å²) < 4.78 is 5.02. The lowest BCUT2D eigenvalue weighted by molar-refractivity contribution is 0.633. The molecule has 1 fully saturated rings. The van der Waals surface area contributed by atoms with Gasteiger partial charge in [-0.15, -0.1) is 0 Å². The fourth-order valence-electron chi connectivity index (χ4n) is 3.23. The minimum Gasteiger partial charge on any atom is -0.291 e. The van der Waals surface area contributed by atoms with Crippen molar-refractivity contribution in [3.05, 3.63) is 69.4 Å². The summed E-state index contributed by atoms with van der Waals surface area (Å²) >= 11 is 5.94. The van der Waals surface area contributed by atoms with Gasteiger partial charge in [-0.1, -0.05) is 23.7 Å². The van der Waals surface area contributed by atoms with E-state index in [0.29, 0.717) is 35.1 Å². The Kier molecular flexibility index (Phi) is 4.01. The van der Waals surface area contributed by atoms with Crippen molar-refractivity contribution in [2.45, 2.75) is 31.8 Å². The van der Waals surface area contributed by atoms with Crippen molar-refractivity contribution in [2.75, 3.05) is 0 Å². The molecule has 4 aromatic rings. The molecule has 0 aliphatic heterocycles. The molecular weight excluding hydrogens is 378 g/mol. The largest absolute Gasteiger partial charge is 0.291 e. The summed E-state index contributed by atoms with van der Waals surface area (Å²) in [5.41, 5.74) is 1.46. The Morgan fingerprint density at radius 1 is 1.18 bits per heavy atom. The molecule has 3 heterocycles. The van der Waals surface area contributed by atoms with E-state index in [-0.39, 0.29) is 5.56 Å². The van der Waals surface area contributed by atoms with E-state index in [4.69, 9.17) is 11.6 Å². The summed E-state index contributed by atoms with van der Waals surface area (Å²) in [4.78, 5) is 22.0. The number of nitrogens with zero attached hydrogens (tertiary/aromatic N) is 7. The third kappa shape index (κ3) is 3.09. The second kappa shape index (κ2) is 6.56. The van der Waals surface area contributed by atoms with Crippen LogP contribution in [-0.4, -0.2) is 34.1 Å². The minimum atomic E-state index is -0.136. The van der Waals surface area contributed by atoms with Gasteiger partial charge in [0.25, 0.3) is 5.56 Å². The number of aromatic nitrogens is 7. The third-order valence-electron chi connectivity index (χ3n) is 4.99. The fraction of sp³-hybridized carbons (Fsp3) is 0.316. The standard InChI is InChI=1S/C19H18ClN7O/c1-25-16(23-17(24-25)13-4-5-13)10-26-11-21-18-15(19(26)28)8-22-27(18)9-12-2-6-14(20)7-3-12/h2-3,6-8,11,13H,4-5,9-10H2,1H3. The summed E-state index contributed by atoms with van der Waals surface area (Å²) in [5, 5.41) is 9.98. The Bertz CT molecular complexity index is 1220. The average molecular weight is 396 g/mol. The molecule has 1 aliphatic rings. The first kappa shape index (κ1) is 17.1. The molecule has 0 bridgehead atoms. The Morgan fingerprint density at radius 2 is 1.96 bits per heavy atom. The zero-order chi connectivity index (χ0) is 19.3. The van der Waals surface area contributed by atoms with Crippen LogP contribution in [0.4, 0.5) is 0 Å². The molecule has 0 unspecified atom stereocenters. The van der Waals surface area contributed by atoms with Gasteiger partial charge in [0.2, 0.25) is 0 Å². The highest BCUT2D eigenvalue weighted by Gasteiger charge is 2.28. The molecule has 0 radical (unpaired) electrons. The van der Waals surface area contributed by atoms with E-state index < -0.39 is 0 Å². The first-order chi connectivity index (χ1) is 13.6. The zero-order valence-electron chi connectivity index (χ0n) is 15.3. The van der Waals surface area contributed by atoms with Gasteiger partial charge >= 0.3 is 0 Å². The van der Waals surface area contributed by atoms with Crippen molar-refractivity contribution in [3.8, 4) is 0 Å². The number of halogens is 1. The second-order valence-electron chi connectivity index (χ2n) is 7.13. The lowest BCUT2D eigenvalue weighted by atomic mass is 10.2. The van der Waals surface area contributed by atoms with E-state index >= 15 is 0 Å². The number of hydrogen-bond donors (Lipinski definition) is 0. The molecule has 0 atom stereocenters. The number of aryl methyl sites for hydroxylation is 1. The van der Waals surface area contributed by atoms with Gasteiger partial charge in [-0.2, -0.15) is 10.2 Å². The molecule has 1 aliphatic carbocycles. The molecule has 0 spiro atoms. The Hall–Kier alpha value is -3.00. The van der Waals surface area contributed by atoms with Crippen LogP contribution in [0.1, 0.15) is 36.0 Å². The summed E-state index contributed by atoms with van der Waals surface area (Å²) in [7, 11) is 1.86. The van der Waals surface area contributed by atoms with Crippen molar-refractivity contribution < 1.29 is 0 Å². The number of hydrogen-bond acceptors (Lipinski definition) is 5. The van der Waals surface area contributed by atoms with Gasteiger partial charge in [-0.3, -0.25) is 14.0 Å². The normalized spacial score (nSPS) is 14.1. The van der Waals surface area contributed by atoms with E-state index in [1.54, 1.807) is 26.5 Å². The van der Waals surface area contributed by atoms with Crippen LogP contribution in [0.5, 0.6) is 0 Å². The zero-order valence-corrected chi connectivity index (χ0v) is 16.0. The smallest absolute Gasteiger partial charge is 0.264 e. The van der Waals surface area contributed by atoms with Crippen molar-refractivity contribution in [3.63, 3.8) is 0 Å². The molecule has 28 heavy (non-hydrogen) atoms. The van der Waals surface area contributed by atoms with Crippen molar-refractivity contribution in [2.24, 2.45) is 7.05 Å². The van der Waals surface area contributed by atoms with Crippen LogP contribution in [0.3, 0.4) is 0 Å². The monoisotopic (exact) mass is 395 g/mol. The first-order valence-corrected chi connectivity index (χ1v) is 9.51. The SMILES string of the molecule is Cn1nc(C2CC2)nc1Cn1cnc2c(cnn2Cc2ccc(Cl)cc2)c1=O. The van der Waals surface area contributed by atoms with Crippen LogP contribution < -0.4 is 5.56 Å². The van der Waals surface area contributed by atoms with Gasteiger partial charge in [0.1, 0.15) is 17.5 Å². The van der Waals surface area contributed by atoms with Crippen molar-refractivity contribution in [1.82, 2.24) is 34.1 Å². The molecule has 0 saturated heterocycles. The molecule has 0 amide bonds. The van der Waals surface area contributed by atoms with Crippen LogP contribution in [0.2, 0.25) is 5.02 Å².